The van der Waals surface area contributed by atoms with Crippen LogP contribution in [0.25, 0.3) is 0 Å². The number of rotatable bonds is 5. The number of hydrogen-bond donors (Lipinski definition) is 1. The molecule has 0 radical (unpaired) electrons. The summed E-state index contributed by atoms with van der Waals surface area (Å²) in [7, 11) is 0. The number of carboxylic acids is 1. The van der Waals surface area contributed by atoms with Crippen LogP contribution in [-0.2, 0) is 4.79 Å². The molecule has 1 heterocycles. The Kier molecular flexibility index (Phi) is 5.35. The van der Waals surface area contributed by atoms with Crippen LogP contribution >= 0.6 is 24.0 Å². The van der Waals surface area contributed by atoms with Crippen LogP contribution in [0.1, 0.15) is 19.8 Å². The zero-order valence-corrected chi connectivity index (χ0v) is 10.4. The summed E-state index contributed by atoms with van der Waals surface area (Å²) in [5.41, 5.74) is 0. The molecule has 1 N–H and O–H groups in total. The molecule has 0 aromatic carbocycles. The van der Waals surface area contributed by atoms with Crippen molar-refractivity contribution in [2.24, 2.45) is 0 Å². The highest BCUT2D eigenvalue weighted by Gasteiger charge is 2.22. The number of unbranched alkanes of at least 4 members (excludes halogenated alkanes) is 1. The highest BCUT2D eigenvalue weighted by Crippen LogP contribution is 2.18. The van der Waals surface area contributed by atoms with Crippen LogP contribution in [-0.4, -0.2) is 50.8 Å². The molecular formula is C9H16N2O2S2. The fourth-order valence-electron chi connectivity index (χ4n) is 1.38. The average molecular weight is 248 g/mol. The minimum absolute atomic E-state index is 0.0955. The molecule has 1 aliphatic rings. The Balaban J connectivity index is 2.40. The van der Waals surface area contributed by atoms with Gasteiger partial charge in [0.2, 0.25) is 0 Å². The van der Waals surface area contributed by atoms with E-state index in [4.69, 9.17) is 17.3 Å². The summed E-state index contributed by atoms with van der Waals surface area (Å²) in [5.74, 6) is -0.0906. The van der Waals surface area contributed by atoms with Gasteiger partial charge in [0.15, 0.2) is 0 Å². The minimum Gasteiger partial charge on any atom is -0.480 e. The molecule has 1 saturated heterocycles. The number of hydrogen-bond acceptors (Lipinski definition) is 4. The van der Waals surface area contributed by atoms with Gasteiger partial charge in [0, 0.05) is 6.54 Å². The molecule has 0 aromatic rings. The van der Waals surface area contributed by atoms with Crippen molar-refractivity contribution < 1.29 is 9.90 Å². The number of thiocarbonyl (C=S) groups is 1. The Morgan fingerprint density at radius 3 is 3.00 bits per heavy atom. The standard InChI is InChI=1S/C9H16N2O2S2/c1-2-3-4-11-6-10(5-8(12)13)7-15-9(11)14/h2-7H2,1H3,(H,12,13). The Morgan fingerprint density at radius 2 is 2.40 bits per heavy atom. The fraction of sp³-hybridized carbons (Fsp3) is 0.778. The van der Waals surface area contributed by atoms with Crippen LogP contribution in [0, 0.1) is 0 Å². The van der Waals surface area contributed by atoms with Crippen molar-refractivity contribution in [3.63, 3.8) is 0 Å². The van der Waals surface area contributed by atoms with Crippen molar-refractivity contribution in [1.29, 1.82) is 0 Å². The largest absolute Gasteiger partial charge is 0.480 e. The van der Waals surface area contributed by atoms with Gasteiger partial charge < -0.3 is 10.0 Å². The van der Waals surface area contributed by atoms with Gasteiger partial charge in [-0.25, -0.2) is 0 Å². The summed E-state index contributed by atoms with van der Waals surface area (Å²) < 4.78 is 0.894. The Morgan fingerprint density at radius 1 is 1.67 bits per heavy atom. The molecule has 0 unspecified atom stereocenters. The van der Waals surface area contributed by atoms with E-state index in [-0.39, 0.29) is 6.54 Å². The van der Waals surface area contributed by atoms with Crippen molar-refractivity contribution in [1.82, 2.24) is 9.80 Å². The molecule has 0 spiro atoms. The molecule has 1 rings (SSSR count). The number of thioether (sulfide) groups is 1. The summed E-state index contributed by atoms with van der Waals surface area (Å²) in [6.45, 7) is 3.81. The quantitative estimate of drug-likeness (QED) is 0.742. The second-order valence-electron chi connectivity index (χ2n) is 3.52. The predicted octanol–water partition coefficient (Wildman–Crippen LogP) is 1.42. The topological polar surface area (TPSA) is 43.8 Å². The molecular weight excluding hydrogens is 232 g/mol. The van der Waals surface area contributed by atoms with Gasteiger partial charge in [0.05, 0.1) is 19.1 Å². The minimum atomic E-state index is -0.779. The van der Waals surface area contributed by atoms with Gasteiger partial charge in [0.25, 0.3) is 0 Å². The first kappa shape index (κ1) is 12.7. The molecule has 0 saturated carbocycles. The van der Waals surface area contributed by atoms with Gasteiger partial charge in [-0.05, 0) is 6.42 Å². The lowest BCUT2D eigenvalue weighted by molar-refractivity contribution is -0.138. The molecule has 15 heavy (non-hydrogen) atoms. The van der Waals surface area contributed by atoms with E-state index in [2.05, 4.69) is 11.8 Å². The monoisotopic (exact) mass is 248 g/mol. The molecule has 0 bridgehead atoms. The summed E-state index contributed by atoms with van der Waals surface area (Å²) >= 11 is 6.77. The van der Waals surface area contributed by atoms with Gasteiger partial charge in [-0.2, -0.15) is 0 Å². The van der Waals surface area contributed by atoms with E-state index in [1.807, 2.05) is 4.90 Å². The third-order valence-corrected chi connectivity index (χ3v) is 3.75. The lowest BCUT2D eigenvalue weighted by atomic mass is 10.3. The van der Waals surface area contributed by atoms with Gasteiger partial charge in [-0.15, -0.1) is 0 Å². The SMILES string of the molecule is CCCCN1CN(CC(=O)O)CSC1=S. The molecule has 4 nitrogen and oxygen atoms in total. The van der Waals surface area contributed by atoms with E-state index in [9.17, 15) is 4.79 Å². The second-order valence-corrected chi connectivity index (χ2v) is 5.10. The van der Waals surface area contributed by atoms with Gasteiger partial charge in [-0.3, -0.25) is 9.69 Å². The number of carboxylic acid groups (broad SMARTS) is 1. The molecule has 86 valence electrons. The molecule has 1 aliphatic heterocycles. The second kappa shape index (κ2) is 6.30. The normalized spacial score (nSPS) is 18.2. The molecule has 6 heteroatoms. The Labute approximate surface area is 99.6 Å². The first-order valence-electron chi connectivity index (χ1n) is 4.99. The zero-order chi connectivity index (χ0) is 11.3. The van der Waals surface area contributed by atoms with Crippen molar-refractivity contribution >= 4 is 34.3 Å². The maximum Gasteiger partial charge on any atom is 0.317 e. The van der Waals surface area contributed by atoms with Crippen LogP contribution in [0.15, 0.2) is 0 Å². The molecule has 0 atom stereocenters. The van der Waals surface area contributed by atoms with Crippen molar-refractivity contribution in [2.45, 2.75) is 19.8 Å². The van der Waals surface area contributed by atoms with E-state index in [1.165, 1.54) is 0 Å². The summed E-state index contributed by atoms with van der Waals surface area (Å²) in [5, 5.41) is 8.69. The van der Waals surface area contributed by atoms with Crippen LogP contribution < -0.4 is 0 Å². The summed E-state index contributed by atoms with van der Waals surface area (Å²) in [4.78, 5) is 14.5. The van der Waals surface area contributed by atoms with Gasteiger partial charge >= 0.3 is 5.97 Å². The van der Waals surface area contributed by atoms with Crippen LogP contribution in [0.2, 0.25) is 0 Å². The van der Waals surface area contributed by atoms with E-state index in [1.54, 1.807) is 11.8 Å². The van der Waals surface area contributed by atoms with Crippen molar-refractivity contribution in [3.8, 4) is 0 Å². The summed E-state index contributed by atoms with van der Waals surface area (Å²) in [6.07, 6.45) is 2.23. The highest BCUT2D eigenvalue weighted by atomic mass is 32.2. The van der Waals surface area contributed by atoms with E-state index in [0.717, 1.165) is 23.7 Å². The van der Waals surface area contributed by atoms with E-state index < -0.39 is 5.97 Å². The molecule has 0 amide bonds. The first-order chi connectivity index (χ1) is 7.13. The fourth-order valence-corrected chi connectivity index (χ4v) is 2.48. The predicted molar refractivity (Wildman–Crippen MR) is 65.9 cm³/mol. The Bertz CT molecular complexity index is 248. The van der Waals surface area contributed by atoms with Crippen LogP contribution in [0.3, 0.4) is 0 Å². The lowest BCUT2D eigenvalue weighted by Gasteiger charge is -2.35. The van der Waals surface area contributed by atoms with Crippen LogP contribution in [0.4, 0.5) is 0 Å². The maximum atomic E-state index is 10.6. The molecule has 0 aliphatic carbocycles. The smallest absolute Gasteiger partial charge is 0.317 e. The number of nitrogens with zero attached hydrogens (tertiary/aromatic N) is 2. The van der Waals surface area contributed by atoms with Gasteiger partial charge in [-0.1, -0.05) is 37.3 Å². The Hall–Kier alpha value is -0.330. The van der Waals surface area contributed by atoms with Crippen molar-refractivity contribution in [2.75, 3.05) is 25.6 Å². The number of aliphatic carboxylic acids is 1. The maximum absolute atomic E-state index is 10.6. The number of carbonyl (C=O) groups is 1. The van der Waals surface area contributed by atoms with E-state index in [0.29, 0.717) is 12.5 Å². The van der Waals surface area contributed by atoms with Gasteiger partial charge in [0.1, 0.15) is 4.32 Å². The highest BCUT2D eigenvalue weighted by molar-refractivity contribution is 8.22. The van der Waals surface area contributed by atoms with E-state index >= 15 is 0 Å². The third kappa shape index (κ3) is 4.36. The van der Waals surface area contributed by atoms with Crippen LogP contribution in [0.5, 0.6) is 0 Å². The summed E-state index contributed by atoms with van der Waals surface area (Å²) in [6, 6.07) is 0. The lowest BCUT2D eigenvalue weighted by Crippen LogP contribution is -2.46. The molecule has 0 aromatic heterocycles. The molecule has 1 fully saturated rings. The zero-order valence-electron chi connectivity index (χ0n) is 8.81. The third-order valence-electron chi connectivity index (χ3n) is 2.14. The van der Waals surface area contributed by atoms with Crippen molar-refractivity contribution in [3.05, 3.63) is 0 Å². The first-order valence-corrected chi connectivity index (χ1v) is 6.38. The average Bonchev–Trinajstić information content (AvgIpc) is 2.18.